The highest BCUT2D eigenvalue weighted by Gasteiger charge is 2.27. The second kappa shape index (κ2) is 26.2. The number of nitrogens with zero attached hydrogens (tertiary/aromatic N) is 1. The van der Waals surface area contributed by atoms with Gasteiger partial charge in [-0.05, 0) is 32.2 Å². The van der Waals surface area contributed by atoms with Crippen LogP contribution < -0.4 is 22.1 Å². The van der Waals surface area contributed by atoms with Crippen LogP contribution in [0.4, 0.5) is 0 Å². The van der Waals surface area contributed by atoms with E-state index in [1.54, 1.807) is 6.20 Å². The summed E-state index contributed by atoms with van der Waals surface area (Å²) in [5, 5.41) is 5.40. The van der Waals surface area contributed by atoms with Crippen molar-refractivity contribution < 1.29 is 19.1 Å². The average molecular weight is 593 g/mol. The number of aromatic amines is 1. The molecule has 0 aliphatic heterocycles. The van der Waals surface area contributed by atoms with E-state index < -0.39 is 29.9 Å². The Balaban J connectivity index is 2.27. The molecule has 2 amide bonds. The smallest absolute Gasteiger partial charge is 0.328 e. The molecule has 0 fully saturated rings. The predicted molar refractivity (Wildman–Crippen MR) is 169 cm³/mol. The summed E-state index contributed by atoms with van der Waals surface area (Å²) in [5.41, 5.74) is 11.7. The number of hydrogen-bond acceptors (Lipinski definition) is 7. The molecule has 242 valence electrons. The lowest BCUT2D eigenvalue weighted by Gasteiger charge is -2.22. The number of esters is 1. The van der Waals surface area contributed by atoms with Gasteiger partial charge in [-0.2, -0.15) is 0 Å². The molecule has 0 saturated heterocycles. The zero-order valence-corrected chi connectivity index (χ0v) is 26.3. The zero-order chi connectivity index (χ0) is 30.7. The van der Waals surface area contributed by atoms with Gasteiger partial charge in [0.1, 0.15) is 12.1 Å². The Labute approximate surface area is 254 Å². The first-order valence-electron chi connectivity index (χ1n) is 16.7. The average Bonchev–Trinajstić information content (AvgIpc) is 3.51. The van der Waals surface area contributed by atoms with Crippen LogP contribution in [0.25, 0.3) is 0 Å². The molecular formula is C32H60N6O4. The van der Waals surface area contributed by atoms with E-state index in [2.05, 4.69) is 27.5 Å². The maximum Gasteiger partial charge on any atom is 0.328 e. The number of H-pyrrole nitrogens is 1. The number of imidazole rings is 1. The summed E-state index contributed by atoms with van der Waals surface area (Å²) in [6.45, 7) is 2.86. The number of amides is 2. The quantitative estimate of drug-likeness (QED) is 0.0687. The molecule has 1 rings (SSSR count). The number of ether oxygens (including phenoxy) is 1. The molecule has 0 radical (unpaired) electrons. The molecule has 7 N–H and O–H groups in total. The number of unbranched alkanes of at least 4 members (excludes halogenated alkanes) is 16. The van der Waals surface area contributed by atoms with Gasteiger partial charge < -0.3 is 31.8 Å². The van der Waals surface area contributed by atoms with Crippen LogP contribution in [0.5, 0.6) is 0 Å². The van der Waals surface area contributed by atoms with Gasteiger partial charge in [-0.25, -0.2) is 9.78 Å². The first-order valence-corrected chi connectivity index (χ1v) is 16.7. The van der Waals surface area contributed by atoms with Crippen molar-refractivity contribution in [3.63, 3.8) is 0 Å². The standard InChI is InChI=1S/C32H60N6O4/c1-2-3-4-5-6-7-8-9-10-11-12-13-14-15-16-19-22-42-32(41)28(20-17-18-21-33)38-31(40)29(37-30(39)24-34)23-27-25-35-26-36-27/h25-26,28-29H,2-24,33-34H2,1H3,(H,35,36)(H,37,39)(H,38,40)/t28-,29-/m0/s1. The molecule has 10 nitrogen and oxygen atoms in total. The first-order chi connectivity index (χ1) is 20.5. The van der Waals surface area contributed by atoms with Crippen molar-refractivity contribution in [3.8, 4) is 0 Å². The van der Waals surface area contributed by atoms with Gasteiger partial charge in [0, 0.05) is 18.3 Å². The van der Waals surface area contributed by atoms with Crippen LogP contribution in [0.15, 0.2) is 12.5 Å². The fourth-order valence-electron chi connectivity index (χ4n) is 5.02. The molecule has 1 aromatic rings. The van der Waals surface area contributed by atoms with Crippen molar-refractivity contribution in [1.29, 1.82) is 0 Å². The fourth-order valence-corrected chi connectivity index (χ4v) is 5.02. The molecule has 0 spiro atoms. The first kappa shape index (κ1) is 37.6. The molecule has 0 aliphatic carbocycles. The van der Waals surface area contributed by atoms with Gasteiger partial charge in [-0.3, -0.25) is 9.59 Å². The monoisotopic (exact) mass is 592 g/mol. The summed E-state index contributed by atoms with van der Waals surface area (Å²) in [6, 6.07) is -1.70. The van der Waals surface area contributed by atoms with E-state index >= 15 is 0 Å². The number of nitrogens with one attached hydrogen (secondary N) is 3. The summed E-state index contributed by atoms with van der Waals surface area (Å²) in [5.74, 6) is -1.38. The van der Waals surface area contributed by atoms with E-state index in [9.17, 15) is 14.4 Å². The lowest BCUT2D eigenvalue weighted by atomic mass is 10.0. The third kappa shape index (κ3) is 19.6. The van der Waals surface area contributed by atoms with Crippen molar-refractivity contribution >= 4 is 17.8 Å². The maximum absolute atomic E-state index is 13.1. The van der Waals surface area contributed by atoms with Crippen LogP contribution in [0.1, 0.15) is 135 Å². The Hall–Kier alpha value is -2.46. The number of carbonyl (C=O) groups is 3. The predicted octanol–water partition coefficient (Wildman–Crippen LogP) is 4.81. The molecule has 0 unspecified atom stereocenters. The van der Waals surface area contributed by atoms with E-state index in [0.29, 0.717) is 31.7 Å². The maximum atomic E-state index is 13.1. The van der Waals surface area contributed by atoms with Gasteiger partial charge in [0.15, 0.2) is 0 Å². The van der Waals surface area contributed by atoms with E-state index in [-0.39, 0.29) is 13.0 Å². The Bertz CT molecular complexity index is 805. The minimum absolute atomic E-state index is 0.196. The van der Waals surface area contributed by atoms with Crippen LogP contribution in [-0.2, 0) is 25.5 Å². The van der Waals surface area contributed by atoms with Gasteiger partial charge >= 0.3 is 5.97 Å². The van der Waals surface area contributed by atoms with Gasteiger partial charge in [0.2, 0.25) is 11.8 Å². The normalized spacial score (nSPS) is 12.5. The van der Waals surface area contributed by atoms with Gasteiger partial charge in [-0.15, -0.1) is 0 Å². The number of nitrogens with two attached hydrogens (primary N) is 2. The van der Waals surface area contributed by atoms with Crippen LogP contribution in [0.2, 0.25) is 0 Å². The molecule has 1 heterocycles. The van der Waals surface area contributed by atoms with Crippen molar-refractivity contribution in [2.24, 2.45) is 11.5 Å². The number of hydrogen-bond donors (Lipinski definition) is 5. The molecule has 0 aromatic carbocycles. The Morgan fingerprint density at radius 1 is 0.786 bits per heavy atom. The van der Waals surface area contributed by atoms with Crippen molar-refractivity contribution in [2.45, 2.75) is 147 Å². The molecular weight excluding hydrogens is 532 g/mol. The van der Waals surface area contributed by atoms with Crippen LogP contribution in [0, 0.1) is 0 Å². The Kier molecular flexibility index (Phi) is 23.4. The lowest BCUT2D eigenvalue weighted by molar-refractivity contribution is -0.148. The van der Waals surface area contributed by atoms with Gasteiger partial charge in [0.05, 0.1) is 19.5 Å². The second-order valence-corrected chi connectivity index (χ2v) is 11.4. The summed E-state index contributed by atoms with van der Waals surface area (Å²) in [6.07, 6.45) is 25.6. The minimum Gasteiger partial charge on any atom is -0.464 e. The third-order valence-corrected chi connectivity index (χ3v) is 7.61. The summed E-state index contributed by atoms with van der Waals surface area (Å²) >= 11 is 0. The fraction of sp³-hybridized carbons (Fsp3) is 0.812. The Morgan fingerprint density at radius 2 is 1.36 bits per heavy atom. The zero-order valence-electron chi connectivity index (χ0n) is 26.3. The molecule has 42 heavy (non-hydrogen) atoms. The van der Waals surface area contributed by atoms with E-state index in [1.807, 2.05) is 0 Å². The molecule has 1 aromatic heterocycles. The van der Waals surface area contributed by atoms with E-state index in [0.717, 1.165) is 25.7 Å². The van der Waals surface area contributed by atoms with E-state index in [1.165, 1.54) is 89.8 Å². The number of rotatable bonds is 28. The summed E-state index contributed by atoms with van der Waals surface area (Å²) in [4.78, 5) is 44.7. The van der Waals surface area contributed by atoms with Gasteiger partial charge in [0.25, 0.3) is 0 Å². The summed E-state index contributed by atoms with van der Waals surface area (Å²) in [7, 11) is 0. The second-order valence-electron chi connectivity index (χ2n) is 11.4. The van der Waals surface area contributed by atoms with Crippen LogP contribution in [0.3, 0.4) is 0 Å². The lowest BCUT2D eigenvalue weighted by Crippen LogP contribution is -2.53. The largest absolute Gasteiger partial charge is 0.464 e. The van der Waals surface area contributed by atoms with Crippen molar-refractivity contribution in [1.82, 2.24) is 20.6 Å². The SMILES string of the molecule is CCCCCCCCCCCCCCCCCCOC(=O)[C@H](CCCCN)NC(=O)[C@H](Cc1cnc[nH]1)NC(=O)CN. The Morgan fingerprint density at radius 3 is 1.86 bits per heavy atom. The van der Waals surface area contributed by atoms with Gasteiger partial charge in [-0.1, -0.05) is 103 Å². The highest BCUT2D eigenvalue weighted by molar-refractivity contribution is 5.91. The molecule has 0 aliphatic rings. The highest BCUT2D eigenvalue weighted by atomic mass is 16.5. The van der Waals surface area contributed by atoms with Crippen LogP contribution >= 0.6 is 0 Å². The number of carbonyl (C=O) groups excluding carboxylic acids is 3. The topological polar surface area (TPSA) is 165 Å². The molecule has 0 bridgehead atoms. The summed E-state index contributed by atoms with van der Waals surface area (Å²) < 4.78 is 5.53. The molecule has 2 atom stereocenters. The molecule has 10 heteroatoms. The minimum atomic E-state index is -0.897. The van der Waals surface area contributed by atoms with Crippen molar-refractivity contribution in [2.75, 3.05) is 19.7 Å². The highest BCUT2D eigenvalue weighted by Crippen LogP contribution is 2.14. The van der Waals surface area contributed by atoms with E-state index in [4.69, 9.17) is 16.2 Å². The van der Waals surface area contributed by atoms with Crippen LogP contribution in [-0.4, -0.2) is 59.5 Å². The van der Waals surface area contributed by atoms with Crippen molar-refractivity contribution in [3.05, 3.63) is 18.2 Å². The third-order valence-electron chi connectivity index (χ3n) is 7.61. The molecule has 0 saturated carbocycles. The number of aromatic nitrogens is 2.